The van der Waals surface area contributed by atoms with Crippen molar-refractivity contribution in [2.24, 2.45) is 87.3 Å². The van der Waals surface area contributed by atoms with Crippen LogP contribution in [-0.4, -0.2) is 56.1 Å². The Labute approximate surface area is 469 Å². The van der Waals surface area contributed by atoms with E-state index in [1.807, 2.05) is 0 Å². The predicted molar refractivity (Wildman–Crippen MR) is 308 cm³/mol. The van der Waals surface area contributed by atoms with Crippen molar-refractivity contribution >= 4 is 56.1 Å². The Morgan fingerprint density at radius 3 is 0.380 bits per heavy atom. The Hall–Kier alpha value is 1.02. The van der Waals surface area contributed by atoms with Crippen molar-refractivity contribution in [2.45, 2.75) is 299 Å². The summed E-state index contributed by atoms with van der Waals surface area (Å²) >= 11 is 0. The minimum atomic E-state index is -1.75. The van der Waals surface area contributed by atoms with Gasteiger partial charge in [0.15, 0.2) is 0 Å². The normalized spacial score (nSPS) is 13.3. The molecule has 11 heteroatoms. The summed E-state index contributed by atoms with van der Waals surface area (Å²) in [4.78, 5) is 0. The third kappa shape index (κ3) is 25.6. The first-order chi connectivity index (χ1) is 31.3. The van der Waals surface area contributed by atoms with Crippen LogP contribution in [-0.2, 0) is 0 Å². The molecule has 0 amide bonds. The van der Waals surface area contributed by atoms with Crippen molar-refractivity contribution < 1.29 is 30.1 Å². The van der Waals surface area contributed by atoms with Crippen LogP contribution in [0.4, 0.5) is 0 Å². The van der Waals surface area contributed by atoms with Crippen molar-refractivity contribution in [3.8, 4) is 0 Å². The van der Waals surface area contributed by atoms with Crippen LogP contribution in [0.25, 0.3) is 0 Å². The molecule has 71 heavy (non-hydrogen) atoms. The molecule has 0 heterocycles. The minimum Gasteiger partial charge on any atom is -0.893 e. The molecule has 0 bridgehead atoms. The molecule has 0 saturated carbocycles. The molecule has 0 aliphatic rings. The van der Waals surface area contributed by atoms with E-state index < -0.39 is 37.3 Å². The molecule has 0 N–H and O–H groups in total. The first-order valence-electron chi connectivity index (χ1n) is 29.2. The van der Waals surface area contributed by atoms with Gasteiger partial charge in [-0.2, -0.15) is 0 Å². The van der Waals surface area contributed by atoms with Gasteiger partial charge in [-0.3, -0.25) is 0 Å². The Kier molecular flexibility index (Phi) is 42.1. The first-order valence-corrected chi connectivity index (χ1v) is 29.2. The molecule has 0 aromatic rings. The molecule has 0 unspecified atom stereocenters. The van der Waals surface area contributed by atoms with Gasteiger partial charge < -0.3 is 30.1 Å². The van der Waals surface area contributed by atoms with E-state index in [0.717, 1.165) is 96.3 Å². The molecule has 0 aliphatic heterocycles. The van der Waals surface area contributed by atoms with Crippen molar-refractivity contribution in [1.29, 1.82) is 0 Å². The standard InChI is InChI=1S/3C20H41BO2.2Al/c3*1-10-19(11-15(2)3,12-16(4)5)20(21(22)23,13-17(6)7)14-18(8)9;;/h3*15-18H,10-14H2,1-9H3;;/q3*-2;2*+3. The predicted octanol–water partition coefficient (Wildman–Crippen LogP) is 12.8. The maximum absolute atomic E-state index is 12.6. The van der Waals surface area contributed by atoms with Crippen LogP contribution >= 0.6 is 0 Å². The molecule has 0 atom stereocenters. The van der Waals surface area contributed by atoms with E-state index in [1.54, 1.807) is 0 Å². The van der Waals surface area contributed by atoms with E-state index in [2.05, 4.69) is 187 Å². The smallest absolute Gasteiger partial charge is 0.893 e. The fraction of sp³-hybridized carbons (Fsp3) is 1.00. The molecule has 0 aromatic heterocycles. The van der Waals surface area contributed by atoms with Crippen LogP contribution in [0.15, 0.2) is 0 Å². The summed E-state index contributed by atoms with van der Waals surface area (Å²) in [6, 6.07) is 0. The Balaban J connectivity index is -0.000000302. The topological polar surface area (TPSA) is 138 Å². The van der Waals surface area contributed by atoms with Crippen LogP contribution < -0.4 is 30.1 Å². The van der Waals surface area contributed by atoms with Crippen molar-refractivity contribution in [3.05, 3.63) is 0 Å². The van der Waals surface area contributed by atoms with E-state index in [0.29, 0.717) is 71.0 Å². The molecule has 0 spiro atoms. The summed E-state index contributed by atoms with van der Waals surface area (Å²) in [6.45, 7) is 59.2. The Morgan fingerprint density at radius 2 is 0.324 bits per heavy atom. The minimum absolute atomic E-state index is 0. The van der Waals surface area contributed by atoms with Gasteiger partial charge in [0.2, 0.25) is 0 Å². The monoisotopic (exact) mass is 1030 g/mol. The van der Waals surface area contributed by atoms with Crippen LogP contribution in [0.5, 0.6) is 0 Å². The molecule has 0 rings (SSSR count). The van der Waals surface area contributed by atoms with Crippen molar-refractivity contribution in [1.82, 2.24) is 0 Å². The van der Waals surface area contributed by atoms with Gasteiger partial charge in [0, 0.05) is 0 Å². The summed E-state index contributed by atoms with van der Waals surface area (Å²) in [5, 5.41) is 73.9. The Bertz CT molecular complexity index is 1070. The van der Waals surface area contributed by atoms with Crippen LogP contribution in [0.1, 0.15) is 283 Å². The van der Waals surface area contributed by atoms with E-state index in [1.165, 1.54) is 0 Å². The van der Waals surface area contributed by atoms with Gasteiger partial charge in [-0.15, -0.1) is 21.4 Å². The first kappa shape index (κ1) is 80.9. The molecule has 0 aliphatic carbocycles. The SMILES string of the molecule is CCC(CC(C)C)(CC(C)C)C(CC(C)C)(CC(C)C)B([O-])[O-].CCC(CC(C)C)(CC(C)C)C(CC(C)C)(CC(C)C)B([O-])[O-].CCC(CC(C)C)(CC(C)C)C(CC(C)C)(CC(C)C)B([O-])[O-].[Al+3].[Al+3]. The molecule has 0 fully saturated rings. The van der Waals surface area contributed by atoms with Gasteiger partial charge in [-0.25, -0.2) is 0 Å². The second kappa shape index (κ2) is 37.0. The van der Waals surface area contributed by atoms with Gasteiger partial charge in [-0.1, -0.05) is 261 Å². The number of hydrogen-bond donors (Lipinski definition) is 0. The fourth-order valence-electron chi connectivity index (χ4n) is 15.3. The summed E-state index contributed by atoms with van der Waals surface area (Å²) in [6.07, 6.45) is 13.3. The van der Waals surface area contributed by atoms with E-state index >= 15 is 0 Å². The van der Waals surface area contributed by atoms with E-state index in [9.17, 15) is 30.1 Å². The quantitative estimate of drug-likeness (QED) is 0.0600. The van der Waals surface area contributed by atoms with Gasteiger partial charge in [-0.05, 0) is 126 Å². The third-order valence-corrected chi connectivity index (χ3v) is 16.0. The van der Waals surface area contributed by atoms with Crippen LogP contribution in [0.2, 0.25) is 15.9 Å². The second-order valence-electron chi connectivity index (χ2n) is 28.5. The van der Waals surface area contributed by atoms with Crippen molar-refractivity contribution in [2.75, 3.05) is 0 Å². The second-order valence-corrected chi connectivity index (χ2v) is 28.5. The zero-order valence-electron chi connectivity index (χ0n) is 52.9. The van der Waals surface area contributed by atoms with Gasteiger partial charge in [0.1, 0.15) is 0 Å². The average Bonchev–Trinajstić information content (AvgIpc) is 3.13. The summed E-state index contributed by atoms with van der Waals surface area (Å²) in [5.74, 6) is 5.31. The summed E-state index contributed by atoms with van der Waals surface area (Å²) in [5.41, 5.74) is -0.423. The zero-order chi connectivity index (χ0) is 55.3. The van der Waals surface area contributed by atoms with Crippen LogP contribution in [0, 0.1) is 87.3 Å². The molecular formula is C60H123Al2B3O6. The summed E-state index contributed by atoms with van der Waals surface area (Å²) in [7, 11) is -5.24. The molecular weight excluding hydrogens is 903 g/mol. The van der Waals surface area contributed by atoms with Gasteiger partial charge >= 0.3 is 34.7 Å². The maximum atomic E-state index is 12.6. The summed E-state index contributed by atoms with van der Waals surface area (Å²) < 4.78 is 0. The zero-order valence-corrected chi connectivity index (χ0v) is 55.2. The third-order valence-electron chi connectivity index (χ3n) is 16.0. The Morgan fingerprint density at radius 1 is 0.225 bits per heavy atom. The molecule has 414 valence electrons. The molecule has 6 nitrogen and oxygen atoms in total. The fourth-order valence-corrected chi connectivity index (χ4v) is 15.3. The molecule has 0 aromatic carbocycles. The van der Waals surface area contributed by atoms with E-state index in [4.69, 9.17) is 0 Å². The number of rotatable bonds is 33. The largest absolute Gasteiger partial charge is 3.00 e. The molecule has 0 radical (unpaired) electrons. The number of hydrogen-bond acceptors (Lipinski definition) is 6. The van der Waals surface area contributed by atoms with Crippen LogP contribution in [0.3, 0.4) is 0 Å². The average molecular weight is 1030 g/mol. The van der Waals surface area contributed by atoms with Crippen molar-refractivity contribution in [3.63, 3.8) is 0 Å². The van der Waals surface area contributed by atoms with Gasteiger partial charge in [0.05, 0.1) is 0 Å². The van der Waals surface area contributed by atoms with Gasteiger partial charge in [0.25, 0.3) is 0 Å². The van der Waals surface area contributed by atoms with E-state index in [-0.39, 0.29) is 51.0 Å². The molecule has 0 saturated heterocycles. The maximum Gasteiger partial charge on any atom is 3.00 e.